The van der Waals surface area contributed by atoms with Crippen LogP contribution < -0.4 is 5.32 Å². The van der Waals surface area contributed by atoms with Gasteiger partial charge in [0.25, 0.3) is 0 Å². The number of hydrogen-bond acceptors (Lipinski definition) is 2. The third kappa shape index (κ3) is 3.10. The molecule has 0 fully saturated rings. The van der Waals surface area contributed by atoms with Crippen molar-refractivity contribution in [1.82, 2.24) is 10.3 Å². The molecule has 1 aromatic heterocycles. The van der Waals surface area contributed by atoms with Gasteiger partial charge in [0.1, 0.15) is 0 Å². The van der Waals surface area contributed by atoms with Gasteiger partial charge >= 0.3 is 0 Å². The molecule has 1 N–H and O–H groups in total. The summed E-state index contributed by atoms with van der Waals surface area (Å²) >= 11 is 8.58. The number of likely N-dealkylation sites (N-methyl/N-ethyl adjacent to an activating group) is 1. The van der Waals surface area contributed by atoms with Crippen molar-refractivity contribution in [3.63, 3.8) is 0 Å². The normalized spacial score (nSPS) is 18.5. The van der Waals surface area contributed by atoms with E-state index in [4.69, 9.17) is 11.6 Å². The Morgan fingerprint density at radius 3 is 3.05 bits per heavy atom. The van der Waals surface area contributed by atoms with E-state index in [1.807, 2.05) is 12.3 Å². The van der Waals surface area contributed by atoms with Crippen LogP contribution in [0.25, 0.3) is 0 Å². The summed E-state index contributed by atoms with van der Waals surface area (Å²) in [5.41, 5.74) is 3.89. The van der Waals surface area contributed by atoms with Gasteiger partial charge in [0.15, 0.2) is 0 Å². The van der Waals surface area contributed by atoms with Crippen molar-refractivity contribution in [2.45, 2.75) is 31.7 Å². The minimum Gasteiger partial charge on any atom is -0.310 e. The number of fused-ring (bicyclic) bond motifs is 1. The SMILES string of the molecule is CCNC(c1ccc(I)c(Cl)c1)C1CCc2cccnc21. The highest BCUT2D eigenvalue weighted by Crippen LogP contribution is 2.41. The van der Waals surface area contributed by atoms with Crippen molar-refractivity contribution in [3.8, 4) is 0 Å². The molecule has 0 saturated heterocycles. The van der Waals surface area contributed by atoms with E-state index in [9.17, 15) is 0 Å². The van der Waals surface area contributed by atoms with E-state index in [1.165, 1.54) is 16.8 Å². The fraction of sp³-hybridized carbons (Fsp3) is 0.353. The average Bonchev–Trinajstić information content (AvgIpc) is 2.92. The summed E-state index contributed by atoms with van der Waals surface area (Å²) in [6, 6.07) is 10.9. The Balaban J connectivity index is 1.97. The molecule has 2 unspecified atom stereocenters. The molecular weight excluding hydrogens is 395 g/mol. The van der Waals surface area contributed by atoms with Gasteiger partial charge in [-0.1, -0.05) is 30.7 Å². The molecule has 0 amide bonds. The van der Waals surface area contributed by atoms with Crippen LogP contribution in [0.1, 0.15) is 42.1 Å². The molecule has 0 saturated carbocycles. The maximum Gasteiger partial charge on any atom is 0.0542 e. The third-order valence-electron chi connectivity index (χ3n) is 4.13. The quantitative estimate of drug-likeness (QED) is 0.735. The molecule has 0 bridgehead atoms. The molecule has 1 aromatic carbocycles. The standard InChI is InChI=1S/C17H18ClIN2/c1-2-20-17(12-6-8-15(19)14(18)10-12)13-7-5-11-4-3-9-21-16(11)13/h3-4,6,8-10,13,17,20H,2,5,7H2,1H3. The van der Waals surface area contributed by atoms with E-state index < -0.39 is 0 Å². The number of pyridine rings is 1. The molecule has 21 heavy (non-hydrogen) atoms. The predicted molar refractivity (Wildman–Crippen MR) is 95.9 cm³/mol. The first kappa shape index (κ1) is 15.3. The van der Waals surface area contributed by atoms with E-state index in [1.54, 1.807) is 0 Å². The Labute approximate surface area is 144 Å². The highest BCUT2D eigenvalue weighted by atomic mass is 127. The maximum absolute atomic E-state index is 6.31. The molecule has 0 spiro atoms. The smallest absolute Gasteiger partial charge is 0.0542 e. The summed E-state index contributed by atoms with van der Waals surface area (Å²) in [5, 5.41) is 4.46. The van der Waals surface area contributed by atoms with Crippen molar-refractivity contribution < 1.29 is 0 Å². The lowest BCUT2D eigenvalue weighted by molar-refractivity contribution is 0.447. The zero-order chi connectivity index (χ0) is 14.8. The van der Waals surface area contributed by atoms with Crippen molar-refractivity contribution in [1.29, 1.82) is 0 Å². The predicted octanol–water partition coefficient (Wildman–Crippen LogP) is 4.72. The number of hydrogen-bond donors (Lipinski definition) is 1. The molecular formula is C17H18ClIN2. The van der Waals surface area contributed by atoms with Crippen molar-refractivity contribution in [2.24, 2.45) is 0 Å². The molecule has 2 atom stereocenters. The molecule has 2 aromatic rings. The number of halogens is 2. The Hall–Kier alpha value is -0.650. The largest absolute Gasteiger partial charge is 0.310 e. The van der Waals surface area contributed by atoms with Crippen LogP contribution in [0.15, 0.2) is 36.5 Å². The Bertz CT molecular complexity index is 644. The molecule has 2 nitrogen and oxygen atoms in total. The second-order valence-electron chi connectivity index (χ2n) is 5.40. The maximum atomic E-state index is 6.31. The van der Waals surface area contributed by atoms with Crippen LogP contribution >= 0.6 is 34.2 Å². The molecule has 1 aliphatic carbocycles. The van der Waals surface area contributed by atoms with Gasteiger partial charge in [-0.05, 0) is 71.3 Å². The van der Waals surface area contributed by atoms with Gasteiger partial charge < -0.3 is 5.32 Å². The molecule has 110 valence electrons. The molecule has 3 rings (SSSR count). The van der Waals surface area contributed by atoms with Crippen molar-refractivity contribution in [3.05, 3.63) is 61.9 Å². The summed E-state index contributed by atoms with van der Waals surface area (Å²) in [6.07, 6.45) is 4.17. The van der Waals surface area contributed by atoms with Gasteiger partial charge in [-0.2, -0.15) is 0 Å². The first-order valence-corrected chi connectivity index (χ1v) is 8.78. The number of aryl methyl sites for hydroxylation is 1. The summed E-state index contributed by atoms with van der Waals surface area (Å²) in [5.74, 6) is 0.428. The lowest BCUT2D eigenvalue weighted by atomic mass is 9.90. The topological polar surface area (TPSA) is 24.9 Å². The zero-order valence-corrected chi connectivity index (χ0v) is 14.9. The second kappa shape index (κ2) is 6.63. The molecule has 1 aliphatic rings. The third-order valence-corrected chi connectivity index (χ3v) is 5.70. The summed E-state index contributed by atoms with van der Waals surface area (Å²) in [7, 11) is 0. The Morgan fingerprint density at radius 1 is 1.43 bits per heavy atom. The van der Waals surface area contributed by atoms with Crippen LogP contribution in [0.4, 0.5) is 0 Å². The monoisotopic (exact) mass is 412 g/mol. The molecule has 0 aliphatic heterocycles. The lowest BCUT2D eigenvalue weighted by Gasteiger charge is -2.25. The number of aromatic nitrogens is 1. The minimum absolute atomic E-state index is 0.278. The fourth-order valence-corrected chi connectivity index (χ4v) is 3.71. The van der Waals surface area contributed by atoms with Crippen LogP contribution in [0.5, 0.6) is 0 Å². The minimum atomic E-state index is 0.278. The van der Waals surface area contributed by atoms with Crippen LogP contribution in [0.2, 0.25) is 5.02 Å². The average molecular weight is 413 g/mol. The number of nitrogens with one attached hydrogen (secondary N) is 1. The fourth-order valence-electron chi connectivity index (χ4n) is 3.19. The summed E-state index contributed by atoms with van der Waals surface area (Å²) in [6.45, 7) is 3.09. The Kier molecular flexibility index (Phi) is 4.82. The Morgan fingerprint density at radius 2 is 2.29 bits per heavy atom. The van der Waals surface area contributed by atoms with Gasteiger partial charge in [0.05, 0.1) is 5.02 Å². The molecule has 1 heterocycles. The summed E-state index contributed by atoms with van der Waals surface area (Å²) < 4.78 is 1.10. The van der Waals surface area contributed by atoms with Gasteiger partial charge in [-0.15, -0.1) is 0 Å². The molecule has 0 radical (unpaired) electrons. The number of rotatable bonds is 4. The number of benzene rings is 1. The van der Waals surface area contributed by atoms with Crippen molar-refractivity contribution in [2.75, 3.05) is 6.54 Å². The van der Waals surface area contributed by atoms with Gasteiger partial charge in [0.2, 0.25) is 0 Å². The van der Waals surface area contributed by atoms with Gasteiger partial charge in [0, 0.05) is 27.4 Å². The van der Waals surface area contributed by atoms with Gasteiger partial charge in [-0.25, -0.2) is 0 Å². The van der Waals surface area contributed by atoms with Gasteiger partial charge in [-0.3, -0.25) is 4.98 Å². The first-order valence-electron chi connectivity index (χ1n) is 7.32. The first-order chi connectivity index (χ1) is 10.2. The van der Waals surface area contributed by atoms with Crippen LogP contribution in [0, 0.1) is 3.57 Å². The van der Waals surface area contributed by atoms with E-state index in [0.29, 0.717) is 5.92 Å². The van der Waals surface area contributed by atoms with E-state index >= 15 is 0 Å². The summed E-state index contributed by atoms with van der Waals surface area (Å²) in [4.78, 5) is 4.63. The highest BCUT2D eigenvalue weighted by molar-refractivity contribution is 14.1. The van der Waals surface area contributed by atoms with Crippen LogP contribution in [-0.2, 0) is 6.42 Å². The van der Waals surface area contributed by atoms with E-state index in [-0.39, 0.29) is 6.04 Å². The second-order valence-corrected chi connectivity index (χ2v) is 6.97. The van der Waals surface area contributed by atoms with E-state index in [2.05, 4.69) is 64.1 Å². The van der Waals surface area contributed by atoms with Crippen molar-refractivity contribution >= 4 is 34.2 Å². The van der Waals surface area contributed by atoms with Crippen LogP contribution in [-0.4, -0.2) is 11.5 Å². The highest BCUT2D eigenvalue weighted by Gasteiger charge is 2.31. The number of nitrogens with zero attached hydrogens (tertiary/aromatic N) is 1. The molecule has 4 heteroatoms. The zero-order valence-electron chi connectivity index (χ0n) is 11.9. The lowest BCUT2D eigenvalue weighted by Crippen LogP contribution is -2.26. The van der Waals surface area contributed by atoms with E-state index in [0.717, 1.165) is 28.0 Å². The van der Waals surface area contributed by atoms with Crippen LogP contribution in [0.3, 0.4) is 0 Å².